The van der Waals surface area contributed by atoms with E-state index in [0.717, 1.165) is 30.0 Å². The Morgan fingerprint density at radius 3 is 2.07 bits per heavy atom. The summed E-state index contributed by atoms with van der Waals surface area (Å²) in [6.07, 6.45) is 0.463. The molecule has 3 nitrogen and oxygen atoms in total. The Hall–Kier alpha value is -1.76. The molecule has 1 unspecified atom stereocenters. The molecule has 2 aromatic carbocycles. The number of ether oxygens (including phenoxy) is 1. The van der Waals surface area contributed by atoms with Crippen LogP contribution < -0.4 is 0 Å². The number of aliphatic imine (C=N–C) groups is 1. The normalized spacial score (nSPS) is 11.7. The van der Waals surface area contributed by atoms with Gasteiger partial charge in [0.2, 0.25) is 0 Å². The minimum atomic E-state index is -0.631. The van der Waals surface area contributed by atoms with E-state index < -0.39 is 6.04 Å². The zero-order valence-electron chi connectivity index (χ0n) is 15.3. The lowest BCUT2D eigenvalue weighted by molar-refractivity contribution is -0.144. The number of hydrogen-bond acceptors (Lipinski definition) is 4. The van der Waals surface area contributed by atoms with Gasteiger partial charge in [0.1, 0.15) is 0 Å². The van der Waals surface area contributed by atoms with Crippen molar-refractivity contribution in [3.63, 3.8) is 0 Å². The molecule has 0 radical (unpaired) electrons. The molecule has 0 saturated heterocycles. The maximum Gasteiger partial charge on any atom is 0.331 e. The third-order valence-electron chi connectivity index (χ3n) is 4.08. The van der Waals surface area contributed by atoms with Gasteiger partial charge in [0.05, 0.1) is 19.9 Å². The van der Waals surface area contributed by atoms with E-state index in [2.05, 4.69) is 31.9 Å². The van der Waals surface area contributed by atoms with Crippen LogP contribution in [-0.4, -0.2) is 24.3 Å². The highest BCUT2D eigenvalue weighted by molar-refractivity contribution is 9.12. The topological polar surface area (TPSA) is 38.7 Å². The van der Waals surface area contributed by atoms with E-state index in [1.165, 1.54) is 0 Å². The van der Waals surface area contributed by atoms with Gasteiger partial charge in [-0.1, -0.05) is 60.7 Å². The van der Waals surface area contributed by atoms with E-state index in [4.69, 9.17) is 9.73 Å². The van der Waals surface area contributed by atoms with Crippen molar-refractivity contribution in [1.82, 2.24) is 0 Å². The van der Waals surface area contributed by atoms with Crippen molar-refractivity contribution >= 4 is 54.9 Å². The molecule has 0 aliphatic heterocycles. The number of carbonyl (C=O) groups is 1. The monoisotopic (exact) mass is 519 g/mol. The zero-order valence-corrected chi connectivity index (χ0v) is 19.3. The third kappa shape index (κ3) is 5.40. The second-order valence-corrected chi connectivity index (χ2v) is 9.78. The Morgan fingerprint density at radius 1 is 1.04 bits per heavy atom. The second kappa shape index (κ2) is 10.1. The summed E-state index contributed by atoms with van der Waals surface area (Å²) in [6, 6.07) is 21.2. The quantitative estimate of drug-likeness (QED) is 0.271. The molecular formula is C22H19Br2NO2S. The summed E-state index contributed by atoms with van der Waals surface area (Å²) in [6.45, 7) is 2.14. The molecule has 144 valence electrons. The molecule has 28 heavy (non-hydrogen) atoms. The van der Waals surface area contributed by atoms with Crippen molar-refractivity contribution in [3.05, 3.63) is 91.0 Å². The van der Waals surface area contributed by atoms with Crippen LogP contribution in [0, 0.1) is 0 Å². The summed E-state index contributed by atoms with van der Waals surface area (Å²) < 4.78 is 7.32. The minimum absolute atomic E-state index is 0.318. The van der Waals surface area contributed by atoms with Gasteiger partial charge in [-0.05, 0) is 50.4 Å². The zero-order chi connectivity index (χ0) is 19.9. The summed E-state index contributed by atoms with van der Waals surface area (Å²) in [5, 5.41) is 0. The van der Waals surface area contributed by atoms with Crippen LogP contribution in [0.3, 0.4) is 0 Å². The highest BCUT2D eigenvalue weighted by atomic mass is 79.9. The Bertz CT molecular complexity index is 914. The van der Waals surface area contributed by atoms with E-state index in [1.807, 2.05) is 73.7 Å². The van der Waals surface area contributed by atoms with Gasteiger partial charge >= 0.3 is 5.97 Å². The lowest BCUT2D eigenvalue weighted by Crippen LogP contribution is -2.26. The first kappa shape index (κ1) is 21.0. The highest BCUT2D eigenvalue weighted by Gasteiger charge is 2.23. The van der Waals surface area contributed by atoms with Crippen LogP contribution in [0.15, 0.2) is 79.3 Å². The molecule has 0 bridgehead atoms. The summed E-state index contributed by atoms with van der Waals surface area (Å²) in [5.41, 5.74) is 3.74. The number of carbonyl (C=O) groups excluding carboxylic acids is 1. The lowest BCUT2D eigenvalue weighted by atomic mass is 10.0. The molecule has 0 aliphatic carbocycles. The minimum Gasteiger partial charge on any atom is -0.464 e. The van der Waals surface area contributed by atoms with E-state index in [0.29, 0.717) is 13.0 Å². The molecule has 0 amide bonds. The van der Waals surface area contributed by atoms with Crippen molar-refractivity contribution < 1.29 is 9.53 Å². The highest BCUT2D eigenvalue weighted by Crippen LogP contribution is 2.33. The molecule has 0 saturated carbocycles. The van der Waals surface area contributed by atoms with Crippen LogP contribution >= 0.6 is 43.2 Å². The largest absolute Gasteiger partial charge is 0.464 e. The van der Waals surface area contributed by atoms with E-state index in [-0.39, 0.29) is 5.97 Å². The number of rotatable bonds is 7. The average Bonchev–Trinajstić information content (AvgIpc) is 3.03. The summed E-state index contributed by atoms with van der Waals surface area (Å²) in [7, 11) is 0. The van der Waals surface area contributed by atoms with Crippen molar-refractivity contribution in [2.75, 3.05) is 6.61 Å². The summed E-state index contributed by atoms with van der Waals surface area (Å²) in [5.74, 6) is -0.318. The smallest absolute Gasteiger partial charge is 0.331 e. The van der Waals surface area contributed by atoms with Gasteiger partial charge < -0.3 is 4.74 Å². The number of thiophene rings is 1. The van der Waals surface area contributed by atoms with Gasteiger partial charge in [0.25, 0.3) is 0 Å². The molecule has 0 spiro atoms. The Morgan fingerprint density at radius 2 is 1.61 bits per heavy atom. The molecule has 1 heterocycles. The lowest BCUT2D eigenvalue weighted by Gasteiger charge is -2.15. The van der Waals surface area contributed by atoms with Crippen molar-refractivity contribution in [1.29, 1.82) is 0 Å². The standard InChI is InChI=1S/C22H19Br2NO2S/c1-2-27-22(26)18(13-17-14-19(23)28-21(17)24)25-20(15-9-5-3-6-10-15)16-11-7-4-8-12-16/h3-12,14,18H,2,13H2,1H3. The van der Waals surface area contributed by atoms with Crippen LogP contribution in [0.1, 0.15) is 23.6 Å². The van der Waals surface area contributed by atoms with Crippen LogP contribution in [0.5, 0.6) is 0 Å². The number of benzene rings is 2. The fourth-order valence-corrected chi connectivity index (χ4v) is 5.66. The van der Waals surface area contributed by atoms with Crippen LogP contribution in [-0.2, 0) is 16.0 Å². The number of halogens is 2. The average molecular weight is 521 g/mol. The summed E-state index contributed by atoms with van der Waals surface area (Å²) in [4.78, 5) is 17.6. The molecule has 0 aliphatic rings. The maximum absolute atomic E-state index is 12.7. The van der Waals surface area contributed by atoms with Crippen LogP contribution in [0.2, 0.25) is 0 Å². The number of esters is 1. The summed E-state index contributed by atoms with van der Waals surface area (Å²) >= 11 is 8.66. The fraction of sp³-hybridized carbons (Fsp3) is 0.182. The van der Waals surface area contributed by atoms with Gasteiger partial charge in [-0.25, -0.2) is 4.79 Å². The molecule has 1 aromatic heterocycles. The Kier molecular flexibility index (Phi) is 7.59. The van der Waals surface area contributed by atoms with Crippen LogP contribution in [0.25, 0.3) is 0 Å². The van der Waals surface area contributed by atoms with Gasteiger partial charge in [-0.2, -0.15) is 0 Å². The van der Waals surface area contributed by atoms with E-state index >= 15 is 0 Å². The molecule has 3 aromatic rings. The van der Waals surface area contributed by atoms with Gasteiger partial charge in [0.15, 0.2) is 6.04 Å². The molecular weight excluding hydrogens is 502 g/mol. The first-order valence-corrected chi connectivity index (χ1v) is 11.3. The van der Waals surface area contributed by atoms with Crippen LogP contribution in [0.4, 0.5) is 0 Å². The fourth-order valence-electron chi connectivity index (χ4n) is 2.81. The first-order valence-electron chi connectivity index (χ1n) is 8.87. The van der Waals surface area contributed by atoms with E-state index in [9.17, 15) is 4.79 Å². The van der Waals surface area contributed by atoms with Crippen molar-refractivity contribution in [3.8, 4) is 0 Å². The third-order valence-corrected chi connectivity index (χ3v) is 6.54. The number of nitrogens with zero attached hydrogens (tertiary/aromatic N) is 1. The molecule has 0 fully saturated rings. The Labute approximate surface area is 185 Å². The molecule has 3 rings (SSSR count). The predicted molar refractivity (Wildman–Crippen MR) is 122 cm³/mol. The van der Waals surface area contributed by atoms with Crippen molar-refractivity contribution in [2.45, 2.75) is 19.4 Å². The van der Waals surface area contributed by atoms with Gasteiger partial charge in [-0.3, -0.25) is 4.99 Å². The van der Waals surface area contributed by atoms with Gasteiger partial charge in [0, 0.05) is 17.5 Å². The predicted octanol–water partition coefficient (Wildman–Crippen LogP) is 6.28. The van der Waals surface area contributed by atoms with Gasteiger partial charge in [-0.15, -0.1) is 11.3 Å². The molecule has 6 heteroatoms. The molecule has 0 N–H and O–H groups in total. The maximum atomic E-state index is 12.7. The SMILES string of the molecule is CCOC(=O)C(Cc1cc(Br)sc1Br)N=C(c1ccccc1)c1ccccc1. The Balaban J connectivity index is 2.05. The number of hydrogen-bond donors (Lipinski definition) is 0. The molecule has 1 atom stereocenters. The van der Waals surface area contributed by atoms with E-state index in [1.54, 1.807) is 11.3 Å². The van der Waals surface area contributed by atoms with Crippen molar-refractivity contribution in [2.24, 2.45) is 4.99 Å². The first-order chi connectivity index (χ1) is 13.6. The second-order valence-electron chi connectivity index (χ2n) is 6.03.